The Balaban J connectivity index is 2.17. The normalized spacial score (nSPS) is 14.8. The lowest BCUT2D eigenvalue weighted by Crippen LogP contribution is -2.63. The van der Waals surface area contributed by atoms with E-state index in [1.165, 1.54) is 0 Å². The minimum absolute atomic E-state index is 0.0303. The number of alkyl halides is 12. The molecular formula is C16H8F12N2O3. The molecular weight excluding hydrogens is 496 g/mol. The quantitative estimate of drug-likeness (QED) is 0.478. The Morgan fingerprint density at radius 2 is 1.24 bits per heavy atom. The summed E-state index contributed by atoms with van der Waals surface area (Å²) >= 11 is 0. The zero-order chi connectivity index (χ0) is 25.5. The lowest BCUT2D eigenvalue weighted by molar-refractivity contribution is -0.493. The standard InChI is InChI=1S/C16H8F12N2O3/c17-11(32-9-3-1-7(2-4-9)10-29-5-8(31)6-30-10)12(18,19)33-16(27,28)14(22,23)13(20,21)15(24,25)26/h1-6,11,31H. The van der Waals surface area contributed by atoms with E-state index < -0.39 is 42.3 Å². The van der Waals surface area contributed by atoms with E-state index in [2.05, 4.69) is 19.4 Å². The molecule has 0 saturated heterocycles. The third kappa shape index (κ3) is 5.17. The molecule has 0 spiro atoms. The molecule has 1 heterocycles. The molecule has 0 aliphatic carbocycles. The van der Waals surface area contributed by atoms with Gasteiger partial charge in [0.25, 0.3) is 0 Å². The van der Waals surface area contributed by atoms with Gasteiger partial charge in [-0.15, -0.1) is 0 Å². The Kier molecular flexibility index (Phi) is 6.70. The van der Waals surface area contributed by atoms with Gasteiger partial charge < -0.3 is 9.84 Å². The van der Waals surface area contributed by atoms with Crippen molar-refractivity contribution in [2.24, 2.45) is 0 Å². The molecule has 0 amide bonds. The van der Waals surface area contributed by atoms with Crippen molar-refractivity contribution < 1.29 is 67.3 Å². The zero-order valence-corrected chi connectivity index (χ0v) is 15.2. The molecule has 0 aliphatic rings. The Hall–Kier alpha value is -2.98. The number of nitrogens with zero attached hydrogens (tertiary/aromatic N) is 2. The van der Waals surface area contributed by atoms with Crippen LogP contribution < -0.4 is 4.74 Å². The highest BCUT2D eigenvalue weighted by atomic mass is 19.4. The van der Waals surface area contributed by atoms with Crippen LogP contribution in [0.1, 0.15) is 0 Å². The van der Waals surface area contributed by atoms with Crippen molar-refractivity contribution in [3.63, 3.8) is 0 Å². The lowest BCUT2D eigenvalue weighted by atomic mass is 10.1. The van der Waals surface area contributed by atoms with Crippen molar-refractivity contribution in [2.75, 3.05) is 0 Å². The zero-order valence-electron chi connectivity index (χ0n) is 15.2. The smallest absolute Gasteiger partial charge is 0.460 e. The van der Waals surface area contributed by atoms with E-state index in [0.717, 1.165) is 36.7 Å². The van der Waals surface area contributed by atoms with Crippen LogP contribution in [-0.4, -0.2) is 51.7 Å². The van der Waals surface area contributed by atoms with E-state index in [-0.39, 0.29) is 17.1 Å². The predicted octanol–water partition coefficient (Wildman–Crippen LogP) is 5.56. The third-order valence-corrected chi connectivity index (χ3v) is 3.63. The largest absolute Gasteiger partial charge is 0.505 e. The maximum absolute atomic E-state index is 13.6. The lowest BCUT2D eigenvalue weighted by Gasteiger charge is -2.35. The van der Waals surface area contributed by atoms with Gasteiger partial charge in [-0.3, -0.25) is 0 Å². The number of rotatable bonds is 8. The monoisotopic (exact) mass is 504 g/mol. The summed E-state index contributed by atoms with van der Waals surface area (Å²) in [6.45, 7) is 0. The van der Waals surface area contributed by atoms with Crippen LogP contribution in [0.4, 0.5) is 52.7 Å². The Bertz CT molecular complexity index is 949. The Morgan fingerprint density at radius 1 is 0.758 bits per heavy atom. The summed E-state index contributed by atoms with van der Waals surface area (Å²) in [4.78, 5) is 7.33. The molecule has 0 bridgehead atoms. The molecule has 1 N–H and O–H groups in total. The first-order valence-corrected chi connectivity index (χ1v) is 8.02. The van der Waals surface area contributed by atoms with E-state index in [4.69, 9.17) is 5.11 Å². The van der Waals surface area contributed by atoms with Crippen LogP contribution in [0.3, 0.4) is 0 Å². The summed E-state index contributed by atoms with van der Waals surface area (Å²) in [7, 11) is 0. The van der Waals surface area contributed by atoms with Gasteiger partial charge in [0.2, 0.25) is 0 Å². The average Bonchev–Trinajstić information content (AvgIpc) is 2.67. The third-order valence-electron chi connectivity index (χ3n) is 3.63. The van der Waals surface area contributed by atoms with Gasteiger partial charge in [0.15, 0.2) is 11.6 Å². The Labute approximate surface area is 174 Å². The van der Waals surface area contributed by atoms with Gasteiger partial charge in [-0.1, -0.05) is 0 Å². The molecule has 1 atom stereocenters. The minimum Gasteiger partial charge on any atom is -0.505 e. The number of aromatic hydroxyl groups is 1. The van der Waals surface area contributed by atoms with Gasteiger partial charge in [-0.2, -0.15) is 52.7 Å². The van der Waals surface area contributed by atoms with E-state index in [1.54, 1.807) is 0 Å². The highest BCUT2D eigenvalue weighted by Gasteiger charge is 2.84. The highest BCUT2D eigenvalue weighted by molar-refractivity contribution is 5.56. The summed E-state index contributed by atoms with van der Waals surface area (Å²) in [6.07, 6.45) is -23.0. The van der Waals surface area contributed by atoms with Crippen molar-refractivity contribution in [1.29, 1.82) is 0 Å². The highest BCUT2D eigenvalue weighted by Crippen LogP contribution is 2.54. The van der Waals surface area contributed by atoms with E-state index in [9.17, 15) is 52.7 Å². The van der Waals surface area contributed by atoms with E-state index >= 15 is 0 Å². The molecule has 1 aromatic carbocycles. The number of halogens is 12. The van der Waals surface area contributed by atoms with Gasteiger partial charge in [0.1, 0.15) is 5.75 Å². The molecule has 184 valence electrons. The number of benzene rings is 1. The van der Waals surface area contributed by atoms with Gasteiger partial charge in [0, 0.05) is 5.56 Å². The van der Waals surface area contributed by atoms with Crippen LogP contribution >= 0.6 is 0 Å². The van der Waals surface area contributed by atoms with Crippen molar-refractivity contribution >= 4 is 0 Å². The van der Waals surface area contributed by atoms with Crippen LogP contribution in [0.25, 0.3) is 11.4 Å². The number of aromatic nitrogens is 2. The van der Waals surface area contributed by atoms with E-state index in [0.29, 0.717) is 0 Å². The van der Waals surface area contributed by atoms with Gasteiger partial charge >= 0.3 is 36.6 Å². The average molecular weight is 504 g/mol. The SMILES string of the molecule is Oc1cnc(-c2ccc(OC(F)C(F)(F)OC(F)(F)C(F)(F)C(F)(F)C(F)(F)F)cc2)nc1. The molecule has 0 aliphatic heterocycles. The molecule has 0 fully saturated rings. The number of ether oxygens (including phenoxy) is 2. The second kappa shape index (κ2) is 8.42. The first kappa shape index (κ1) is 26.3. The van der Waals surface area contributed by atoms with Crippen LogP contribution in [0.15, 0.2) is 36.7 Å². The first-order chi connectivity index (χ1) is 14.8. The maximum Gasteiger partial charge on any atom is 0.460 e. The molecule has 1 aromatic heterocycles. The van der Waals surface area contributed by atoms with Crippen LogP contribution in [0.5, 0.6) is 11.5 Å². The molecule has 17 heteroatoms. The van der Waals surface area contributed by atoms with E-state index in [1.807, 2.05) is 0 Å². The van der Waals surface area contributed by atoms with Crippen LogP contribution in [0.2, 0.25) is 0 Å². The number of hydrogen-bond donors (Lipinski definition) is 1. The van der Waals surface area contributed by atoms with Crippen LogP contribution in [0, 0.1) is 0 Å². The fourth-order valence-corrected chi connectivity index (χ4v) is 1.98. The first-order valence-electron chi connectivity index (χ1n) is 8.02. The fraction of sp³-hybridized carbons (Fsp3) is 0.375. The minimum atomic E-state index is -7.55. The molecule has 0 radical (unpaired) electrons. The topological polar surface area (TPSA) is 64.5 Å². The predicted molar refractivity (Wildman–Crippen MR) is 81.6 cm³/mol. The van der Waals surface area contributed by atoms with Gasteiger partial charge in [-0.05, 0) is 24.3 Å². The second-order valence-corrected chi connectivity index (χ2v) is 6.05. The molecule has 2 rings (SSSR count). The van der Waals surface area contributed by atoms with Crippen molar-refractivity contribution in [3.8, 4) is 22.9 Å². The van der Waals surface area contributed by atoms with Gasteiger partial charge in [-0.25, -0.2) is 14.7 Å². The summed E-state index contributed by atoms with van der Waals surface area (Å²) in [5.74, 6) is -16.3. The van der Waals surface area contributed by atoms with Crippen molar-refractivity contribution in [2.45, 2.75) is 36.6 Å². The summed E-state index contributed by atoms with van der Waals surface area (Å²) < 4.78 is 160. The molecule has 0 saturated carbocycles. The van der Waals surface area contributed by atoms with Crippen molar-refractivity contribution in [3.05, 3.63) is 36.7 Å². The molecule has 33 heavy (non-hydrogen) atoms. The fourth-order valence-electron chi connectivity index (χ4n) is 1.98. The second-order valence-electron chi connectivity index (χ2n) is 6.05. The Morgan fingerprint density at radius 3 is 1.70 bits per heavy atom. The number of hydrogen-bond acceptors (Lipinski definition) is 5. The van der Waals surface area contributed by atoms with Crippen molar-refractivity contribution in [1.82, 2.24) is 9.97 Å². The molecule has 2 aromatic rings. The summed E-state index contributed by atoms with van der Waals surface area (Å²) in [6, 6.07) is 3.50. The maximum atomic E-state index is 13.6. The van der Waals surface area contributed by atoms with Gasteiger partial charge in [0.05, 0.1) is 12.4 Å². The summed E-state index contributed by atoms with van der Waals surface area (Å²) in [5, 5.41) is 9.07. The molecule has 5 nitrogen and oxygen atoms in total. The molecule has 1 unspecified atom stereocenters. The summed E-state index contributed by atoms with van der Waals surface area (Å²) in [5.41, 5.74) is 0.140. The van der Waals surface area contributed by atoms with Crippen LogP contribution in [-0.2, 0) is 4.74 Å².